The fourth-order valence-electron chi connectivity index (χ4n) is 3.69. The zero-order valence-electron chi connectivity index (χ0n) is 18.0. The number of allylic oxidation sites excluding steroid dienone is 1. The first-order valence-corrected chi connectivity index (χ1v) is 11.5. The Morgan fingerprint density at radius 3 is 2.20 bits per heavy atom. The number of benzene rings is 1. The van der Waals surface area contributed by atoms with Crippen LogP contribution in [0, 0.1) is 5.92 Å². The lowest BCUT2D eigenvalue weighted by Crippen LogP contribution is -2.13. The van der Waals surface area contributed by atoms with Gasteiger partial charge in [-0.05, 0) is 61.1 Å². The Hall–Kier alpha value is -2.15. The fraction of sp³-hybridized carbons (Fsp3) is 0.417. The summed E-state index contributed by atoms with van der Waals surface area (Å²) in [6.07, 6.45) is 8.64. The second kappa shape index (κ2) is 11.9. The van der Waals surface area contributed by atoms with E-state index in [1.54, 1.807) is 11.8 Å². The standard InChI is InChI=1S/C22H23NO2S.C2H6.2H2O.H2/c1-26-18-8-5-16(6-9-18)20(13-14-2-7-17(24)12-14)21-11-10-19(15-3-4-15)22(25)23-21;1-2;;;/h5-6,8-11,13-15H,2-4,7,12H2,1H3,(H,23,25);1-2H3;2*1H2;1H/b20-13+;;;;/t14-;;;;/m0..../s1. The number of aromatic nitrogens is 1. The predicted octanol–water partition coefficient (Wildman–Crippen LogP) is 4.40. The molecule has 166 valence electrons. The van der Waals surface area contributed by atoms with Gasteiger partial charge in [0.25, 0.3) is 5.56 Å². The number of ketones is 1. The number of pyridine rings is 1. The number of nitrogens with one attached hydrogen (secondary N) is 1. The van der Waals surface area contributed by atoms with Gasteiger partial charge in [-0.2, -0.15) is 0 Å². The van der Waals surface area contributed by atoms with Gasteiger partial charge in [-0.3, -0.25) is 9.59 Å². The van der Waals surface area contributed by atoms with Crippen LogP contribution >= 0.6 is 11.8 Å². The summed E-state index contributed by atoms with van der Waals surface area (Å²) >= 11 is 1.71. The maximum Gasteiger partial charge on any atom is 0.251 e. The molecule has 0 radical (unpaired) electrons. The minimum Gasteiger partial charge on any atom is -0.412 e. The van der Waals surface area contributed by atoms with Gasteiger partial charge in [0.1, 0.15) is 5.78 Å². The number of hydrogen-bond acceptors (Lipinski definition) is 3. The van der Waals surface area contributed by atoms with Crippen LogP contribution in [0.1, 0.15) is 70.1 Å². The molecule has 2 fully saturated rings. The first kappa shape index (κ1) is 25.9. The molecule has 0 saturated heterocycles. The number of rotatable bonds is 5. The molecule has 0 spiro atoms. The van der Waals surface area contributed by atoms with Crippen LogP contribution in [0.2, 0.25) is 0 Å². The van der Waals surface area contributed by atoms with Crippen molar-refractivity contribution in [3.05, 3.63) is 69.6 Å². The van der Waals surface area contributed by atoms with Crippen molar-refractivity contribution < 1.29 is 17.2 Å². The van der Waals surface area contributed by atoms with Crippen molar-refractivity contribution >= 4 is 23.1 Å². The highest BCUT2D eigenvalue weighted by atomic mass is 32.2. The number of carbonyl (C=O) groups excluding carboxylic acids is 1. The molecule has 0 unspecified atom stereocenters. The zero-order chi connectivity index (χ0) is 20.1. The summed E-state index contributed by atoms with van der Waals surface area (Å²) in [5, 5.41) is 0. The molecule has 5 N–H and O–H groups in total. The number of Topliss-reactive ketones (excluding diaryl/α,β-unsaturated/α-hetero) is 1. The molecule has 0 amide bonds. The number of carbonyl (C=O) groups is 1. The molecule has 1 aromatic carbocycles. The summed E-state index contributed by atoms with van der Waals surface area (Å²) in [4.78, 5) is 28.5. The molecule has 1 atom stereocenters. The van der Waals surface area contributed by atoms with Crippen molar-refractivity contribution in [2.45, 2.75) is 56.8 Å². The summed E-state index contributed by atoms with van der Waals surface area (Å²) in [6, 6.07) is 12.4. The van der Waals surface area contributed by atoms with E-state index in [4.69, 9.17) is 0 Å². The Balaban J connectivity index is 0.00000175. The average Bonchev–Trinajstić information content (AvgIpc) is 3.49. The third kappa shape index (κ3) is 6.17. The van der Waals surface area contributed by atoms with Gasteiger partial charge in [0, 0.05) is 36.0 Å². The average molecular weight is 434 g/mol. The van der Waals surface area contributed by atoms with E-state index in [-0.39, 0.29) is 23.9 Å². The van der Waals surface area contributed by atoms with Crippen LogP contribution in [-0.2, 0) is 4.79 Å². The summed E-state index contributed by atoms with van der Waals surface area (Å²) in [7, 11) is 0. The topological polar surface area (TPSA) is 113 Å². The van der Waals surface area contributed by atoms with Crippen molar-refractivity contribution in [1.29, 1.82) is 0 Å². The lowest BCUT2D eigenvalue weighted by atomic mass is 9.95. The minimum atomic E-state index is 0. The first-order valence-electron chi connectivity index (χ1n) is 10.3. The first-order chi connectivity index (χ1) is 13.6. The highest BCUT2D eigenvalue weighted by Gasteiger charge is 2.26. The minimum absolute atomic E-state index is 0. The molecule has 2 aromatic rings. The van der Waals surface area contributed by atoms with Gasteiger partial charge in [0.05, 0.1) is 0 Å². The Labute approximate surface area is 184 Å². The summed E-state index contributed by atoms with van der Waals surface area (Å²) in [6.45, 7) is 4.00. The normalized spacial score (nSPS) is 18.0. The molecule has 5 nitrogen and oxygen atoms in total. The monoisotopic (exact) mass is 433 g/mol. The molecule has 1 aromatic heterocycles. The summed E-state index contributed by atoms with van der Waals surface area (Å²) in [5.74, 6) is 1.03. The maximum atomic E-state index is 12.5. The zero-order valence-corrected chi connectivity index (χ0v) is 18.8. The highest BCUT2D eigenvalue weighted by molar-refractivity contribution is 7.98. The number of aromatic amines is 1. The molecule has 2 aliphatic rings. The molecular formula is C24H35NO4S. The van der Waals surface area contributed by atoms with Crippen LogP contribution in [-0.4, -0.2) is 28.0 Å². The Kier molecular flexibility index (Phi) is 10.3. The van der Waals surface area contributed by atoms with Gasteiger partial charge in [0.15, 0.2) is 0 Å². The van der Waals surface area contributed by atoms with E-state index in [1.807, 2.05) is 26.0 Å². The van der Waals surface area contributed by atoms with Crippen molar-refractivity contribution in [2.24, 2.45) is 5.92 Å². The van der Waals surface area contributed by atoms with E-state index in [0.717, 1.165) is 41.7 Å². The predicted molar refractivity (Wildman–Crippen MR) is 127 cm³/mol. The smallest absolute Gasteiger partial charge is 0.251 e. The molecule has 4 rings (SSSR count). The number of hydrogen-bond donors (Lipinski definition) is 1. The number of thioether (sulfide) groups is 1. The van der Waals surface area contributed by atoms with E-state index in [9.17, 15) is 9.59 Å². The SMILES string of the molecule is CC.CSc1ccc(/C(=C\[C@H]2CCC(=O)C2)c2ccc(C3CC3)c(=O)[nH]2)cc1.O.O.[HH]. The second-order valence-electron chi connectivity index (χ2n) is 7.28. The van der Waals surface area contributed by atoms with Crippen molar-refractivity contribution in [2.75, 3.05) is 6.26 Å². The molecule has 1 heterocycles. The van der Waals surface area contributed by atoms with Gasteiger partial charge in [-0.15, -0.1) is 11.8 Å². The van der Waals surface area contributed by atoms with Crippen molar-refractivity contribution in [3.63, 3.8) is 0 Å². The van der Waals surface area contributed by atoms with Gasteiger partial charge in [-0.1, -0.05) is 38.1 Å². The second-order valence-corrected chi connectivity index (χ2v) is 8.16. The highest BCUT2D eigenvalue weighted by Crippen LogP contribution is 2.38. The van der Waals surface area contributed by atoms with Gasteiger partial charge in [0.2, 0.25) is 0 Å². The molecule has 2 aliphatic carbocycles. The largest absolute Gasteiger partial charge is 0.412 e. The van der Waals surface area contributed by atoms with E-state index < -0.39 is 0 Å². The van der Waals surface area contributed by atoms with Crippen LogP contribution in [0.4, 0.5) is 0 Å². The molecular weight excluding hydrogens is 398 g/mol. The van der Waals surface area contributed by atoms with E-state index in [0.29, 0.717) is 24.5 Å². The van der Waals surface area contributed by atoms with Crippen molar-refractivity contribution in [1.82, 2.24) is 4.98 Å². The van der Waals surface area contributed by atoms with Gasteiger partial charge >= 0.3 is 0 Å². The molecule has 6 heteroatoms. The van der Waals surface area contributed by atoms with Crippen LogP contribution < -0.4 is 5.56 Å². The van der Waals surface area contributed by atoms with Crippen molar-refractivity contribution in [3.8, 4) is 0 Å². The third-order valence-electron chi connectivity index (χ3n) is 5.33. The summed E-state index contributed by atoms with van der Waals surface area (Å²) < 4.78 is 0. The van der Waals surface area contributed by atoms with Gasteiger partial charge < -0.3 is 15.9 Å². The van der Waals surface area contributed by atoms with Crippen LogP contribution in [0.5, 0.6) is 0 Å². The Bertz CT molecular complexity index is 920. The Morgan fingerprint density at radius 2 is 1.70 bits per heavy atom. The maximum absolute atomic E-state index is 12.5. The van der Waals surface area contributed by atoms with Crippen LogP contribution in [0.15, 0.2) is 52.2 Å². The fourth-order valence-corrected chi connectivity index (χ4v) is 4.10. The van der Waals surface area contributed by atoms with E-state index >= 15 is 0 Å². The third-order valence-corrected chi connectivity index (χ3v) is 6.08. The van der Waals surface area contributed by atoms with E-state index in [2.05, 4.69) is 41.6 Å². The lowest BCUT2D eigenvalue weighted by Gasteiger charge is -2.12. The van der Waals surface area contributed by atoms with Crippen LogP contribution in [0.3, 0.4) is 0 Å². The molecule has 0 aliphatic heterocycles. The Morgan fingerprint density at radius 1 is 1.03 bits per heavy atom. The lowest BCUT2D eigenvalue weighted by molar-refractivity contribution is -0.117. The molecule has 2 saturated carbocycles. The molecule has 30 heavy (non-hydrogen) atoms. The van der Waals surface area contributed by atoms with Gasteiger partial charge in [-0.25, -0.2) is 0 Å². The van der Waals surface area contributed by atoms with E-state index in [1.165, 1.54) is 4.90 Å². The van der Waals surface area contributed by atoms with Crippen LogP contribution in [0.25, 0.3) is 5.57 Å². The molecule has 0 bridgehead atoms. The number of H-pyrrole nitrogens is 1. The summed E-state index contributed by atoms with van der Waals surface area (Å²) in [5.41, 5.74) is 3.88. The quantitative estimate of drug-likeness (QED) is 0.705.